The van der Waals surface area contributed by atoms with E-state index >= 15 is 0 Å². The van der Waals surface area contributed by atoms with Crippen molar-refractivity contribution in [2.24, 2.45) is 0 Å². The lowest BCUT2D eigenvalue weighted by Gasteiger charge is -2.30. The normalized spacial score (nSPS) is 14.6. The first kappa shape index (κ1) is 12.1. The molecule has 1 aliphatic rings. The maximum absolute atomic E-state index is 9.58. The van der Waals surface area contributed by atoms with Crippen LogP contribution < -0.4 is 4.90 Å². The van der Waals surface area contributed by atoms with Crippen molar-refractivity contribution in [3.8, 4) is 0 Å². The molecule has 6 heteroatoms. The van der Waals surface area contributed by atoms with Gasteiger partial charge in [0.05, 0.1) is 13.2 Å². The van der Waals surface area contributed by atoms with Crippen molar-refractivity contribution in [1.82, 2.24) is 19.7 Å². The van der Waals surface area contributed by atoms with Crippen LogP contribution in [0.5, 0.6) is 0 Å². The van der Waals surface area contributed by atoms with Gasteiger partial charge in [0.2, 0.25) is 0 Å². The molecule has 100 valence electrons. The van der Waals surface area contributed by atoms with Gasteiger partial charge in [-0.3, -0.25) is 0 Å². The Morgan fingerprint density at radius 2 is 2.16 bits per heavy atom. The first-order chi connectivity index (χ1) is 9.19. The molecule has 2 aromatic heterocycles. The highest BCUT2D eigenvalue weighted by atomic mass is 16.3. The Balaban J connectivity index is 1.99. The monoisotopic (exact) mass is 259 g/mol. The van der Waals surface area contributed by atoms with Gasteiger partial charge in [0.25, 0.3) is 0 Å². The molecular formula is C13H17N5O. The molecule has 0 saturated carbocycles. The van der Waals surface area contributed by atoms with Crippen LogP contribution in [0.4, 0.5) is 5.82 Å². The number of aryl methyl sites for hydroxylation is 2. The highest BCUT2D eigenvalue weighted by molar-refractivity contribution is 5.51. The second kappa shape index (κ2) is 4.62. The van der Waals surface area contributed by atoms with Crippen LogP contribution in [0.3, 0.4) is 0 Å². The highest BCUT2D eigenvalue weighted by Crippen LogP contribution is 2.25. The fourth-order valence-electron chi connectivity index (χ4n) is 2.55. The molecule has 2 aromatic rings. The van der Waals surface area contributed by atoms with Crippen molar-refractivity contribution < 1.29 is 5.11 Å². The quantitative estimate of drug-likeness (QED) is 0.864. The summed E-state index contributed by atoms with van der Waals surface area (Å²) < 4.78 is 2.05. The minimum Gasteiger partial charge on any atom is -0.392 e. The zero-order valence-corrected chi connectivity index (χ0v) is 11.2. The Labute approximate surface area is 111 Å². The molecule has 0 bridgehead atoms. The van der Waals surface area contributed by atoms with Gasteiger partial charge in [-0.1, -0.05) is 0 Å². The number of hydrogen-bond acceptors (Lipinski definition) is 5. The predicted molar refractivity (Wildman–Crippen MR) is 70.7 cm³/mol. The lowest BCUT2D eigenvalue weighted by molar-refractivity contribution is 0.280. The second-order valence-electron chi connectivity index (χ2n) is 4.90. The van der Waals surface area contributed by atoms with Crippen LogP contribution in [0.25, 0.3) is 0 Å². The van der Waals surface area contributed by atoms with E-state index in [1.807, 2.05) is 19.9 Å². The third kappa shape index (κ3) is 2.08. The van der Waals surface area contributed by atoms with Gasteiger partial charge in [0, 0.05) is 24.3 Å². The average Bonchev–Trinajstić information content (AvgIpc) is 2.85. The summed E-state index contributed by atoms with van der Waals surface area (Å²) in [6, 6.07) is 2.00. The molecule has 0 fully saturated rings. The zero-order valence-electron chi connectivity index (χ0n) is 11.2. The molecule has 0 aliphatic carbocycles. The zero-order chi connectivity index (χ0) is 13.4. The van der Waals surface area contributed by atoms with Crippen molar-refractivity contribution in [3.05, 3.63) is 35.0 Å². The largest absolute Gasteiger partial charge is 0.392 e. The molecule has 0 radical (unpaired) electrons. The minimum atomic E-state index is 0.0115. The van der Waals surface area contributed by atoms with E-state index in [1.165, 1.54) is 0 Å². The molecule has 0 amide bonds. The smallest absolute Gasteiger partial charge is 0.152 e. The van der Waals surface area contributed by atoms with E-state index in [1.54, 1.807) is 6.33 Å². The molecule has 0 atom stereocenters. The SMILES string of the molecule is Cc1cc(C)c(CO)c(N2CCn3cnnc3C2)n1. The molecule has 3 heterocycles. The molecule has 19 heavy (non-hydrogen) atoms. The molecular weight excluding hydrogens is 242 g/mol. The minimum absolute atomic E-state index is 0.0115. The van der Waals surface area contributed by atoms with Gasteiger partial charge in [-0.25, -0.2) is 4.98 Å². The van der Waals surface area contributed by atoms with Crippen LogP contribution >= 0.6 is 0 Å². The maximum Gasteiger partial charge on any atom is 0.152 e. The van der Waals surface area contributed by atoms with Crippen LogP contribution in [-0.2, 0) is 19.7 Å². The van der Waals surface area contributed by atoms with E-state index in [2.05, 4.69) is 24.6 Å². The summed E-state index contributed by atoms with van der Waals surface area (Å²) in [6.45, 7) is 6.39. The van der Waals surface area contributed by atoms with Gasteiger partial charge in [0.15, 0.2) is 5.82 Å². The van der Waals surface area contributed by atoms with Gasteiger partial charge in [-0.2, -0.15) is 0 Å². The number of pyridine rings is 1. The molecule has 1 aliphatic heterocycles. The summed E-state index contributed by atoms with van der Waals surface area (Å²) in [7, 11) is 0. The van der Waals surface area contributed by atoms with E-state index in [-0.39, 0.29) is 6.61 Å². The Bertz CT molecular complexity index is 607. The number of fused-ring (bicyclic) bond motifs is 1. The molecule has 0 aromatic carbocycles. The number of hydrogen-bond donors (Lipinski definition) is 1. The summed E-state index contributed by atoms with van der Waals surface area (Å²) in [6.07, 6.45) is 1.76. The van der Waals surface area contributed by atoms with Crippen molar-refractivity contribution in [3.63, 3.8) is 0 Å². The van der Waals surface area contributed by atoms with Crippen LogP contribution in [0.1, 0.15) is 22.6 Å². The van der Waals surface area contributed by atoms with Gasteiger partial charge in [-0.05, 0) is 25.5 Å². The lowest BCUT2D eigenvalue weighted by atomic mass is 10.1. The first-order valence-electron chi connectivity index (χ1n) is 6.38. The molecule has 6 nitrogen and oxygen atoms in total. The third-order valence-electron chi connectivity index (χ3n) is 3.55. The average molecular weight is 259 g/mol. The van der Waals surface area contributed by atoms with Crippen molar-refractivity contribution in [2.75, 3.05) is 11.4 Å². The molecule has 0 spiro atoms. The maximum atomic E-state index is 9.58. The Morgan fingerprint density at radius 1 is 1.32 bits per heavy atom. The van der Waals surface area contributed by atoms with Crippen LogP contribution in [0.2, 0.25) is 0 Å². The van der Waals surface area contributed by atoms with E-state index < -0.39 is 0 Å². The lowest BCUT2D eigenvalue weighted by Crippen LogP contribution is -2.35. The van der Waals surface area contributed by atoms with Crippen molar-refractivity contribution in [2.45, 2.75) is 33.5 Å². The van der Waals surface area contributed by atoms with Crippen molar-refractivity contribution >= 4 is 5.82 Å². The summed E-state index contributed by atoms with van der Waals surface area (Å²) in [4.78, 5) is 6.76. The Morgan fingerprint density at radius 3 is 2.95 bits per heavy atom. The van der Waals surface area contributed by atoms with E-state index in [0.29, 0.717) is 6.54 Å². The van der Waals surface area contributed by atoms with Crippen molar-refractivity contribution in [1.29, 1.82) is 0 Å². The topological polar surface area (TPSA) is 67.1 Å². The number of nitrogens with zero attached hydrogens (tertiary/aromatic N) is 5. The summed E-state index contributed by atoms with van der Waals surface area (Å²) in [5, 5.41) is 17.6. The predicted octanol–water partition coefficient (Wildman–Crippen LogP) is 0.802. The summed E-state index contributed by atoms with van der Waals surface area (Å²) in [5.41, 5.74) is 2.95. The standard InChI is InChI=1S/C13H17N5O/c1-9-5-10(2)15-13(11(9)7-19)17-3-4-18-8-14-16-12(18)6-17/h5,8,19H,3-4,6-7H2,1-2H3. The van der Waals surface area contributed by atoms with Crippen LogP contribution in [-0.4, -0.2) is 31.4 Å². The second-order valence-corrected chi connectivity index (χ2v) is 4.90. The number of aliphatic hydroxyl groups is 1. The van der Waals surface area contributed by atoms with Crippen LogP contribution in [0, 0.1) is 13.8 Å². The highest BCUT2D eigenvalue weighted by Gasteiger charge is 2.21. The summed E-state index contributed by atoms with van der Waals surface area (Å²) in [5.74, 6) is 1.81. The number of aliphatic hydroxyl groups excluding tert-OH is 1. The Kier molecular flexibility index (Phi) is 2.94. The third-order valence-corrected chi connectivity index (χ3v) is 3.55. The van der Waals surface area contributed by atoms with Gasteiger partial charge >= 0.3 is 0 Å². The number of aromatic nitrogens is 4. The van der Waals surface area contributed by atoms with Gasteiger partial charge in [0.1, 0.15) is 12.1 Å². The molecule has 0 saturated heterocycles. The first-order valence-corrected chi connectivity index (χ1v) is 6.38. The summed E-state index contributed by atoms with van der Waals surface area (Å²) >= 11 is 0. The molecule has 1 N–H and O–H groups in total. The molecule has 3 rings (SSSR count). The number of rotatable bonds is 2. The van der Waals surface area contributed by atoms with E-state index in [0.717, 1.165) is 41.6 Å². The fourth-order valence-corrected chi connectivity index (χ4v) is 2.55. The van der Waals surface area contributed by atoms with Gasteiger partial charge in [-0.15, -0.1) is 10.2 Å². The van der Waals surface area contributed by atoms with Gasteiger partial charge < -0.3 is 14.6 Å². The Hall–Kier alpha value is -1.95. The van der Waals surface area contributed by atoms with E-state index in [4.69, 9.17) is 0 Å². The van der Waals surface area contributed by atoms with E-state index in [9.17, 15) is 5.11 Å². The van der Waals surface area contributed by atoms with Crippen LogP contribution in [0.15, 0.2) is 12.4 Å². The fraction of sp³-hybridized carbons (Fsp3) is 0.462. The molecule has 0 unspecified atom stereocenters. The number of anilines is 1.